The second-order valence-corrected chi connectivity index (χ2v) is 2.86. The number of oxazole rings is 1. The number of hydrogen-bond donors (Lipinski definition) is 1. The standard InChI is InChI=1S/C9H16N2O/c1-2-4-8-7-11-9(12-8)5-3-6-10/h7H,2-6,10H2,1H3. The number of nitrogens with zero attached hydrogens (tertiary/aromatic N) is 1. The van der Waals surface area contributed by atoms with E-state index < -0.39 is 0 Å². The fraction of sp³-hybridized carbons (Fsp3) is 0.667. The minimum atomic E-state index is 0.700. The first-order valence-corrected chi connectivity index (χ1v) is 4.50. The molecule has 3 nitrogen and oxygen atoms in total. The molecule has 0 radical (unpaired) electrons. The highest BCUT2D eigenvalue weighted by molar-refractivity contribution is 4.94. The molecule has 2 N–H and O–H groups in total. The summed E-state index contributed by atoms with van der Waals surface area (Å²) in [5.74, 6) is 1.81. The van der Waals surface area contributed by atoms with Crippen molar-refractivity contribution >= 4 is 0 Å². The van der Waals surface area contributed by atoms with Crippen LogP contribution in [0.15, 0.2) is 10.6 Å². The van der Waals surface area contributed by atoms with Crippen molar-refractivity contribution in [1.29, 1.82) is 0 Å². The zero-order valence-electron chi connectivity index (χ0n) is 7.55. The highest BCUT2D eigenvalue weighted by Gasteiger charge is 2.01. The Labute approximate surface area is 73.0 Å². The zero-order valence-corrected chi connectivity index (χ0v) is 7.55. The van der Waals surface area contributed by atoms with Crippen molar-refractivity contribution in [3.8, 4) is 0 Å². The molecule has 0 aromatic carbocycles. The summed E-state index contributed by atoms with van der Waals surface area (Å²) in [6, 6.07) is 0. The van der Waals surface area contributed by atoms with Gasteiger partial charge in [-0.05, 0) is 19.4 Å². The lowest BCUT2D eigenvalue weighted by molar-refractivity contribution is 0.448. The molecule has 0 aliphatic heterocycles. The number of aryl methyl sites for hydroxylation is 2. The molecule has 68 valence electrons. The van der Waals surface area contributed by atoms with Gasteiger partial charge in [0.05, 0.1) is 6.20 Å². The summed E-state index contributed by atoms with van der Waals surface area (Å²) in [6.45, 7) is 2.83. The first kappa shape index (κ1) is 9.26. The lowest BCUT2D eigenvalue weighted by Gasteiger charge is -1.92. The van der Waals surface area contributed by atoms with Crippen molar-refractivity contribution < 1.29 is 4.42 Å². The Morgan fingerprint density at radius 3 is 3.00 bits per heavy atom. The second kappa shape index (κ2) is 4.93. The van der Waals surface area contributed by atoms with Gasteiger partial charge in [-0.3, -0.25) is 0 Å². The van der Waals surface area contributed by atoms with Gasteiger partial charge in [-0.1, -0.05) is 6.92 Å². The predicted octanol–water partition coefficient (Wildman–Crippen LogP) is 1.52. The van der Waals surface area contributed by atoms with E-state index >= 15 is 0 Å². The minimum Gasteiger partial charge on any atom is -0.446 e. The maximum atomic E-state index is 5.46. The molecule has 0 aliphatic rings. The van der Waals surface area contributed by atoms with E-state index in [0.717, 1.165) is 37.3 Å². The molecule has 0 saturated heterocycles. The molecule has 0 amide bonds. The third-order valence-corrected chi connectivity index (χ3v) is 1.69. The highest BCUT2D eigenvalue weighted by atomic mass is 16.4. The Hall–Kier alpha value is -0.830. The molecule has 0 aliphatic carbocycles. The Morgan fingerprint density at radius 2 is 2.33 bits per heavy atom. The Kier molecular flexibility index (Phi) is 3.80. The largest absolute Gasteiger partial charge is 0.446 e. The molecular formula is C9H16N2O. The quantitative estimate of drug-likeness (QED) is 0.725. The molecule has 1 aromatic heterocycles. The van der Waals surface area contributed by atoms with Crippen molar-refractivity contribution in [1.82, 2.24) is 4.98 Å². The van der Waals surface area contributed by atoms with Gasteiger partial charge < -0.3 is 10.2 Å². The number of rotatable bonds is 5. The van der Waals surface area contributed by atoms with E-state index in [-0.39, 0.29) is 0 Å². The van der Waals surface area contributed by atoms with E-state index in [1.807, 2.05) is 6.20 Å². The van der Waals surface area contributed by atoms with Crippen molar-refractivity contribution in [2.24, 2.45) is 5.73 Å². The minimum absolute atomic E-state index is 0.700. The SMILES string of the molecule is CCCc1cnc(CCCN)o1. The summed E-state index contributed by atoms with van der Waals surface area (Å²) in [6.07, 6.45) is 5.71. The van der Waals surface area contributed by atoms with Gasteiger partial charge in [-0.25, -0.2) is 4.98 Å². The van der Waals surface area contributed by atoms with Crippen LogP contribution >= 0.6 is 0 Å². The van der Waals surface area contributed by atoms with Gasteiger partial charge >= 0.3 is 0 Å². The van der Waals surface area contributed by atoms with Gasteiger partial charge in [0, 0.05) is 12.8 Å². The van der Waals surface area contributed by atoms with Crippen LogP contribution in [0.2, 0.25) is 0 Å². The molecule has 1 rings (SSSR count). The van der Waals surface area contributed by atoms with E-state index in [1.54, 1.807) is 0 Å². The smallest absolute Gasteiger partial charge is 0.194 e. The van der Waals surface area contributed by atoms with Crippen LogP contribution in [0.1, 0.15) is 31.4 Å². The summed E-state index contributed by atoms with van der Waals surface area (Å²) in [5.41, 5.74) is 5.37. The van der Waals surface area contributed by atoms with Crippen LogP contribution in [0.3, 0.4) is 0 Å². The van der Waals surface area contributed by atoms with Crippen LogP contribution in [0.4, 0.5) is 0 Å². The lowest BCUT2D eigenvalue weighted by Crippen LogP contribution is -2.00. The van der Waals surface area contributed by atoms with E-state index in [9.17, 15) is 0 Å². The van der Waals surface area contributed by atoms with Crippen LogP contribution in [-0.4, -0.2) is 11.5 Å². The van der Waals surface area contributed by atoms with Gasteiger partial charge in [-0.15, -0.1) is 0 Å². The third kappa shape index (κ3) is 2.66. The first-order chi connectivity index (χ1) is 5.86. The van der Waals surface area contributed by atoms with Gasteiger partial charge in [0.15, 0.2) is 5.89 Å². The predicted molar refractivity (Wildman–Crippen MR) is 47.9 cm³/mol. The number of hydrogen-bond acceptors (Lipinski definition) is 3. The van der Waals surface area contributed by atoms with Crippen LogP contribution in [0, 0.1) is 0 Å². The summed E-state index contributed by atoms with van der Waals surface area (Å²) < 4.78 is 5.46. The molecular weight excluding hydrogens is 152 g/mol. The molecule has 0 fully saturated rings. The topological polar surface area (TPSA) is 52.0 Å². The maximum Gasteiger partial charge on any atom is 0.194 e. The zero-order chi connectivity index (χ0) is 8.81. The van der Waals surface area contributed by atoms with Crippen LogP contribution in [-0.2, 0) is 12.8 Å². The number of aromatic nitrogens is 1. The van der Waals surface area contributed by atoms with Gasteiger partial charge in [-0.2, -0.15) is 0 Å². The van der Waals surface area contributed by atoms with Gasteiger partial charge in [0.2, 0.25) is 0 Å². The van der Waals surface area contributed by atoms with Crippen LogP contribution < -0.4 is 5.73 Å². The van der Waals surface area contributed by atoms with Crippen molar-refractivity contribution in [3.05, 3.63) is 17.8 Å². The normalized spacial score (nSPS) is 10.5. The summed E-state index contributed by atoms with van der Waals surface area (Å²) in [7, 11) is 0. The molecule has 3 heteroatoms. The fourth-order valence-corrected chi connectivity index (χ4v) is 1.08. The maximum absolute atomic E-state index is 5.46. The second-order valence-electron chi connectivity index (χ2n) is 2.86. The van der Waals surface area contributed by atoms with Crippen LogP contribution in [0.25, 0.3) is 0 Å². The number of nitrogens with two attached hydrogens (primary N) is 1. The van der Waals surface area contributed by atoms with Crippen LogP contribution in [0.5, 0.6) is 0 Å². The first-order valence-electron chi connectivity index (χ1n) is 4.50. The Balaban J connectivity index is 2.41. The molecule has 0 bridgehead atoms. The fourth-order valence-electron chi connectivity index (χ4n) is 1.08. The van der Waals surface area contributed by atoms with Crippen molar-refractivity contribution in [2.75, 3.05) is 6.54 Å². The lowest BCUT2D eigenvalue weighted by atomic mass is 10.3. The monoisotopic (exact) mass is 168 g/mol. The van der Waals surface area contributed by atoms with Gasteiger partial charge in [0.1, 0.15) is 5.76 Å². The summed E-state index contributed by atoms with van der Waals surface area (Å²) in [5, 5.41) is 0. The summed E-state index contributed by atoms with van der Waals surface area (Å²) >= 11 is 0. The molecule has 1 aromatic rings. The van der Waals surface area contributed by atoms with E-state index in [0.29, 0.717) is 6.54 Å². The average Bonchev–Trinajstić information content (AvgIpc) is 2.50. The Bertz CT molecular complexity index is 220. The molecule has 0 spiro atoms. The highest BCUT2D eigenvalue weighted by Crippen LogP contribution is 2.07. The van der Waals surface area contributed by atoms with E-state index in [2.05, 4.69) is 11.9 Å². The van der Waals surface area contributed by atoms with Gasteiger partial charge in [0.25, 0.3) is 0 Å². The Morgan fingerprint density at radius 1 is 1.50 bits per heavy atom. The van der Waals surface area contributed by atoms with Crippen molar-refractivity contribution in [2.45, 2.75) is 32.6 Å². The third-order valence-electron chi connectivity index (χ3n) is 1.69. The van der Waals surface area contributed by atoms with E-state index in [1.165, 1.54) is 0 Å². The average molecular weight is 168 g/mol. The molecule has 0 saturated carbocycles. The molecule has 12 heavy (non-hydrogen) atoms. The molecule has 1 heterocycles. The van der Waals surface area contributed by atoms with E-state index in [4.69, 9.17) is 10.2 Å². The van der Waals surface area contributed by atoms with Crippen molar-refractivity contribution in [3.63, 3.8) is 0 Å². The summed E-state index contributed by atoms with van der Waals surface area (Å²) in [4.78, 5) is 4.15. The molecule has 0 atom stereocenters. The molecule has 0 unspecified atom stereocenters.